The van der Waals surface area contributed by atoms with Crippen LogP contribution in [0.25, 0.3) is 0 Å². The molecule has 0 radical (unpaired) electrons. The van der Waals surface area contributed by atoms with Gasteiger partial charge >= 0.3 is 0 Å². The van der Waals surface area contributed by atoms with Crippen LogP contribution in [-0.2, 0) is 0 Å². The molecule has 0 spiro atoms. The number of nitrogens with one attached hydrogen (secondary N) is 1. The number of hydrogen-bond donors (Lipinski definition) is 2. The second-order valence-corrected chi connectivity index (χ2v) is 8.16. The predicted octanol–water partition coefficient (Wildman–Crippen LogP) is 5.29. The molecule has 0 saturated heterocycles. The van der Waals surface area contributed by atoms with Gasteiger partial charge in [0.05, 0.1) is 12.4 Å². The summed E-state index contributed by atoms with van der Waals surface area (Å²) in [5.74, 6) is 1.34. The summed E-state index contributed by atoms with van der Waals surface area (Å²) >= 11 is 0. The van der Waals surface area contributed by atoms with Crippen molar-refractivity contribution in [2.75, 3.05) is 39.3 Å². The summed E-state index contributed by atoms with van der Waals surface area (Å²) in [6.45, 7) is 8.09. The van der Waals surface area contributed by atoms with E-state index >= 15 is 0 Å². The van der Waals surface area contributed by atoms with Crippen LogP contribution in [0.4, 0.5) is 0 Å². The summed E-state index contributed by atoms with van der Waals surface area (Å²) in [4.78, 5) is 7.16. The van der Waals surface area contributed by atoms with E-state index < -0.39 is 0 Å². The van der Waals surface area contributed by atoms with Crippen molar-refractivity contribution in [1.82, 2.24) is 10.2 Å². The van der Waals surface area contributed by atoms with E-state index in [2.05, 4.69) is 29.3 Å². The molecule has 0 atom stereocenters. The highest BCUT2D eigenvalue weighted by Crippen LogP contribution is 2.12. The summed E-state index contributed by atoms with van der Waals surface area (Å²) in [5, 5.41) is 3.38. The van der Waals surface area contributed by atoms with Gasteiger partial charge in [-0.25, -0.2) is 0 Å². The van der Waals surface area contributed by atoms with Gasteiger partial charge in [0.2, 0.25) is 0 Å². The van der Waals surface area contributed by atoms with Gasteiger partial charge in [0.25, 0.3) is 0 Å². The largest absolute Gasteiger partial charge is 0.357 e. The molecule has 1 rings (SSSR count). The van der Waals surface area contributed by atoms with Gasteiger partial charge in [-0.2, -0.15) is 0 Å². The molecule has 0 aromatic heterocycles. The minimum atomic E-state index is 0.718. The Labute approximate surface area is 175 Å². The van der Waals surface area contributed by atoms with Gasteiger partial charge in [0.1, 0.15) is 0 Å². The van der Waals surface area contributed by atoms with E-state index in [-0.39, 0.29) is 0 Å². The Morgan fingerprint density at radius 3 is 2.21 bits per heavy atom. The average molecular weight is 393 g/mol. The lowest BCUT2D eigenvalue weighted by Gasteiger charge is -2.20. The van der Waals surface area contributed by atoms with Gasteiger partial charge in [0, 0.05) is 39.1 Å². The highest BCUT2D eigenvalue weighted by molar-refractivity contribution is 5.83. The van der Waals surface area contributed by atoms with E-state index in [9.17, 15) is 0 Å². The number of rotatable bonds is 20. The lowest BCUT2D eigenvalue weighted by Crippen LogP contribution is -2.36. The fraction of sp³-hybridized carbons (Fsp3) is 0.875. The van der Waals surface area contributed by atoms with E-state index in [1.807, 2.05) is 0 Å². The lowest BCUT2D eigenvalue weighted by molar-refractivity contribution is 0.435. The third kappa shape index (κ3) is 14.2. The Balaban J connectivity index is 1.86. The third-order valence-electron chi connectivity index (χ3n) is 5.57. The normalized spacial score (nSPS) is 14.4. The summed E-state index contributed by atoms with van der Waals surface area (Å²) in [6.07, 6.45) is 23.7. The van der Waals surface area contributed by atoms with E-state index in [1.54, 1.807) is 0 Å². The quantitative estimate of drug-likeness (QED) is 0.219. The molecule has 0 aliphatic carbocycles. The van der Waals surface area contributed by atoms with Crippen LogP contribution in [0.15, 0.2) is 17.1 Å². The van der Waals surface area contributed by atoms with Crippen LogP contribution < -0.4 is 11.1 Å². The Kier molecular flexibility index (Phi) is 17.5. The molecule has 3 N–H and O–H groups in total. The smallest absolute Gasteiger partial charge is 0.0990 e. The van der Waals surface area contributed by atoms with Gasteiger partial charge < -0.3 is 16.0 Å². The highest BCUT2D eigenvalue weighted by atomic mass is 15.2. The maximum Gasteiger partial charge on any atom is 0.0990 e. The molecule has 28 heavy (non-hydrogen) atoms. The SMILES string of the molecule is CCCCCCCCC=CCCCCCCCC1=NCCN1CCNCCN. The first-order valence-corrected chi connectivity index (χ1v) is 12.2. The molecule has 0 fully saturated rings. The highest BCUT2D eigenvalue weighted by Gasteiger charge is 2.15. The van der Waals surface area contributed by atoms with Crippen LogP contribution in [0.2, 0.25) is 0 Å². The first-order valence-electron chi connectivity index (χ1n) is 12.2. The number of amidine groups is 1. The number of allylic oxidation sites excluding steroid dienone is 2. The first-order chi connectivity index (χ1) is 13.9. The predicted molar refractivity (Wildman–Crippen MR) is 125 cm³/mol. The van der Waals surface area contributed by atoms with Crippen molar-refractivity contribution in [3.8, 4) is 0 Å². The molecule has 4 nitrogen and oxygen atoms in total. The molecule has 0 aromatic rings. The summed E-state index contributed by atoms with van der Waals surface area (Å²) in [6, 6.07) is 0. The Hall–Kier alpha value is -0.870. The number of hydrogen-bond acceptors (Lipinski definition) is 4. The maximum absolute atomic E-state index is 5.52. The summed E-state index contributed by atoms with van der Waals surface area (Å²) in [7, 11) is 0. The molecular formula is C24H48N4. The number of aliphatic imine (C=N–C) groups is 1. The van der Waals surface area contributed by atoms with Crippen molar-refractivity contribution < 1.29 is 0 Å². The molecule has 0 unspecified atom stereocenters. The standard InChI is InChI=1S/C24H48N4/c1-2-3-4-5-6-7-8-9-10-11-12-13-14-15-16-17-24-27-21-23-28(24)22-20-26-19-18-25/h9-10,26H,2-8,11-23,25H2,1H3. The molecule has 0 amide bonds. The zero-order chi connectivity index (χ0) is 20.1. The third-order valence-corrected chi connectivity index (χ3v) is 5.57. The van der Waals surface area contributed by atoms with Gasteiger partial charge in [-0.15, -0.1) is 0 Å². The molecule has 0 saturated carbocycles. The van der Waals surface area contributed by atoms with Crippen molar-refractivity contribution in [2.45, 2.75) is 96.8 Å². The van der Waals surface area contributed by atoms with E-state index in [1.165, 1.54) is 89.3 Å². The Bertz CT molecular complexity index is 392. The zero-order valence-electron chi connectivity index (χ0n) is 18.8. The minimum Gasteiger partial charge on any atom is -0.357 e. The molecule has 0 aromatic carbocycles. The van der Waals surface area contributed by atoms with E-state index in [4.69, 9.17) is 10.7 Å². The van der Waals surface area contributed by atoms with Gasteiger partial charge in [0.15, 0.2) is 0 Å². The van der Waals surface area contributed by atoms with Crippen molar-refractivity contribution in [1.29, 1.82) is 0 Å². The summed E-state index contributed by atoms with van der Waals surface area (Å²) in [5.41, 5.74) is 5.52. The van der Waals surface area contributed by atoms with Crippen molar-refractivity contribution in [2.24, 2.45) is 10.7 Å². The van der Waals surface area contributed by atoms with Crippen LogP contribution in [0, 0.1) is 0 Å². The zero-order valence-corrected chi connectivity index (χ0v) is 18.8. The monoisotopic (exact) mass is 392 g/mol. The second kappa shape index (κ2) is 19.4. The fourth-order valence-electron chi connectivity index (χ4n) is 3.80. The molecular weight excluding hydrogens is 344 g/mol. The molecule has 164 valence electrons. The lowest BCUT2D eigenvalue weighted by atomic mass is 10.1. The number of nitrogens with two attached hydrogens (primary N) is 1. The Morgan fingerprint density at radius 2 is 1.54 bits per heavy atom. The Morgan fingerprint density at radius 1 is 0.893 bits per heavy atom. The van der Waals surface area contributed by atoms with Gasteiger partial charge in [-0.3, -0.25) is 4.99 Å². The van der Waals surface area contributed by atoms with Crippen molar-refractivity contribution in [3.05, 3.63) is 12.2 Å². The van der Waals surface area contributed by atoms with Crippen LogP contribution >= 0.6 is 0 Å². The van der Waals surface area contributed by atoms with Crippen molar-refractivity contribution in [3.63, 3.8) is 0 Å². The second-order valence-electron chi connectivity index (χ2n) is 8.16. The average Bonchev–Trinajstić information content (AvgIpc) is 3.15. The minimum absolute atomic E-state index is 0.718. The van der Waals surface area contributed by atoms with Gasteiger partial charge in [-0.1, -0.05) is 70.4 Å². The number of unbranched alkanes of at least 4 members (excludes halogenated alkanes) is 11. The fourth-order valence-corrected chi connectivity index (χ4v) is 3.80. The molecule has 1 heterocycles. The molecule has 1 aliphatic heterocycles. The number of nitrogens with zero attached hydrogens (tertiary/aromatic N) is 2. The maximum atomic E-state index is 5.52. The molecule has 4 heteroatoms. The van der Waals surface area contributed by atoms with Crippen LogP contribution in [0.5, 0.6) is 0 Å². The van der Waals surface area contributed by atoms with E-state index in [0.29, 0.717) is 0 Å². The first kappa shape index (κ1) is 25.2. The molecule has 0 bridgehead atoms. The summed E-state index contributed by atoms with van der Waals surface area (Å²) < 4.78 is 0. The van der Waals surface area contributed by atoms with E-state index in [0.717, 1.165) is 45.7 Å². The van der Waals surface area contributed by atoms with Crippen LogP contribution in [-0.4, -0.2) is 50.0 Å². The van der Waals surface area contributed by atoms with Crippen molar-refractivity contribution >= 4 is 5.84 Å². The van der Waals surface area contributed by atoms with Gasteiger partial charge in [-0.05, 0) is 32.1 Å². The van der Waals surface area contributed by atoms with Crippen LogP contribution in [0.1, 0.15) is 96.8 Å². The topological polar surface area (TPSA) is 53.6 Å². The van der Waals surface area contributed by atoms with Crippen LogP contribution in [0.3, 0.4) is 0 Å². The molecule has 1 aliphatic rings.